The van der Waals surface area contributed by atoms with Gasteiger partial charge in [0.15, 0.2) is 0 Å². The second-order valence-electron chi connectivity index (χ2n) is 15.4. The minimum Gasteiger partial charge on any atom is -0.358 e. The number of fused-ring (bicyclic) bond motifs is 3. The van der Waals surface area contributed by atoms with Crippen LogP contribution >= 0.6 is 24.0 Å². The van der Waals surface area contributed by atoms with Gasteiger partial charge in [-0.05, 0) is 153 Å². The summed E-state index contributed by atoms with van der Waals surface area (Å²) in [6.45, 7) is 18.0. The van der Waals surface area contributed by atoms with Gasteiger partial charge in [-0.1, -0.05) is 168 Å². The summed E-state index contributed by atoms with van der Waals surface area (Å²) in [6, 6.07) is 63.4. The predicted molar refractivity (Wildman–Crippen MR) is 314 cm³/mol. The van der Waals surface area contributed by atoms with Crippen LogP contribution in [0.5, 0.6) is 0 Å². The maximum absolute atomic E-state index is 3.81. The normalized spacial score (nSPS) is 11.9. The Bertz CT molecular complexity index is 2910. The summed E-state index contributed by atoms with van der Waals surface area (Å²) in [6.07, 6.45) is 20.1. The highest BCUT2D eigenvalue weighted by Gasteiger charge is 2.18. The van der Waals surface area contributed by atoms with Crippen molar-refractivity contribution in [3.05, 3.63) is 248 Å². The Morgan fingerprint density at radius 3 is 1.64 bits per heavy atom. The van der Waals surface area contributed by atoms with E-state index in [4.69, 9.17) is 0 Å². The lowest BCUT2D eigenvalue weighted by atomic mass is 9.96. The summed E-state index contributed by atoms with van der Waals surface area (Å²) in [7, 11) is 0. The monoisotopic (exact) mass is 943 g/mol. The van der Waals surface area contributed by atoms with Crippen molar-refractivity contribution >= 4 is 83.9 Å². The lowest BCUT2D eigenvalue weighted by Gasteiger charge is -2.29. The first kappa shape index (κ1) is 52.9. The van der Waals surface area contributed by atoms with Crippen LogP contribution in [0.25, 0.3) is 31.3 Å². The van der Waals surface area contributed by atoms with E-state index in [1.807, 2.05) is 77.2 Å². The van der Waals surface area contributed by atoms with Gasteiger partial charge < -0.3 is 15.1 Å². The summed E-state index contributed by atoms with van der Waals surface area (Å²) < 4.78 is 2.63. The van der Waals surface area contributed by atoms with Gasteiger partial charge in [-0.15, -0.1) is 11.3 Å². The zero-order valence-corrected chi connectivity index (χ0v) is 43.4. The number of allylic oxidation sites excluding steroid dienone is 11. The lowest BCUT2D eigenvalue weighted by Crippen LogP contribution is -2.13. The Morgan fingerprint density at radius 2 is 1.06 bits per heavy atom. The molecule has 0 fully saturated rings. The van der Waals surface area contributed by atoms with E-state index >= 15 is 0 Å². The van der Waals surface area contributed by atoms with E-state index in [0.29, 0.717) is 0 Å². The number of rotatable bonds is 12. The Labute approximate surface area is 423 Å². The molecule has 352 valence electrons. The molecule has 0 atom stereocenters. The van der Waals surface area contributed by atoms with E-state index in [9.17, 15) is 0 Å². The molecule has 0 radical (unpaired) electrons. The van der Waals surface area contributed by atoms with Crippen LogP contribution in [-0.2, 0) is 0 Å². The van der Waals surface area contributed by atoms with Crippen LogP contribution in [0.15, 0.2) is 248 Å². The minimum absolute atomic E-state index is 0.963. The van der Waals surface area contributed by atoms with Crippen molar-refractivity contribution in [3.63, 3.8) is 0 Å². The van der Waals surface area contributed by atoms with Gasteiger partial charge in [-0.25, -0.2) is 0 Å². The van der Waals surface area contributed by atoms with Gasteiger partial charge in [0.05, 0.1) is 0 Å². The average molecular weight is 944 g/mol. The topological polar surface area (TPSA) is 18.5 Å². The largest absolute Gasteiger partial charge is 0.358 e. The standard InChI is InChI=1S/C55H45N3S.C4H8.2C2H6.CH4S/c1-3-4-7-17-40(2)50-24-12-14-26-53(50)56-43-31-35-47(36-32-43)58(49-23-16-22-48(39-49)57(44-18-8-5-9-19-44)45-20-10-6-11-21-45)46-33-28-41(29-34-46)42-30-37-52-51-25-13-15-27-54(51)59-55(52)38-42;1-3-4-2;3*1-2/h3-13,15-25,27-39,56H,1,14,26H2,2H3;3-4H,1-2H3;2*1-2H3;2H,1H3/b7-4-,40-17+;4-3-;;;. The number of hydrogen-bond acceptors (Lipinski definition) is 5. The van der Waals surface area contributed by atoms with Crippen LogP contribution in [0.3, 0.4) is 0 Å². The minimum atomic E-state index is 0.963. The predicted octanol–water partition coefficient (Wildman–Crippen LogP) is 20.5. The van der Waals surface area contributed by atoms with Crippen LogP contribution < -0.4 is 15.1 Å². The molecule has 5 heteroatoms. The molecule has 0 bridgehead atoms. The average Bonchev–Trinajstić information content (AvgIpc) is 3.80. The molecule has 69 heavy (non-hydrogen) atoms. The summed E-state index contributed by atoms with van der Waals surface area (Å²) in [4.78, 5) is 4.67. The first-order chi connectivity index (χ1) is 34.0. The van der Waals surface area contributed by atoms with E-state index in [-0.39, 0.29) is 0 Å². The zero-order chi connectivity index (χ0) is 49.4. The highest BCUT2D eigenvalue weighted by molar-refractivity contribution is 7.79. The van der Waals surface area contributed by atoms with Crippen molar-refractivity contribution in [2.75, 3.05) is 21.4 Å². The van der Waals surface area contributed by atoms with E-state index in [0.717, 1.165) is 52.7 Å². The Kier molecular flexibility index (Phi) is 21.7. The van der Waals surface area contributed by atoms with Crippen molar-refractivity contribution in [2.45, 2.75) is 61.3 Å². The summed E-state index contributed by atoms with van der Waals surface area (Å²) in [5, 5.41) is 6.41. The summed E-state index contributed by atoms with van der Waals surface area (Å²) >= 11 is 5.39. The lowest BCUT2D eigenvalue weighted by molar-refractivity contribution is 0.947. The van der Waals surface area contributed by atoms with Gasteiger partial charge in [0.25, 0.3) is 0 Å². The number of nitrogens with zero attached hydrogens (tertiary/aromatic N) is 2. The molecule has 1 aliphatic carbocycles. The molecule has 1 heterocycles. The Morgan fingerprint density at radius 1 is 0.551 bits per heavy atom. The number of thiophene rings is 1. The zero-order valence-electron chi connectivity index (χ0n) is 41.7. The third-order valence-electron chi connectivity index (χ3n) is 11.2. The van der Waals surface area contributed by atoms with Gasteiger partial charge in [0.2, 0.25) is 0 Å². The Hall–Kier alpha value is -7.05. The number of anilines is 7. The molecule has 0 saturated carbocycles. The van der Waals surface area contributed by atoms with Crippen LogP contribution in [0.2, 0.25) is 0 Å². The Balaban J connectivity index is 0.000000826. The fourth-order valence-corrected chi connectivity index (χ4v) is 9.07. The van der Waals surface area contributed by atoms with E-state index in [2.05, 4.69) is 235 Å². The van der Waals surface area contributed by atoms with Crippen LogP contribution in [0.4, 0.5) is 39.8 Å². The second kappa shape index (κ2) is 28.3. The molecule has 0 aliphatic heterocycles. The smallest absolute Gasteiger partial charge is 0.0482 e. The number of para-hydroxylation sites is 2. The van der Waals surface area contributed by atoms with Crippen LogP contribution in [-0.4, -0.2) is 6.26 Å². The molecule has 8 aromatic rings. The van der Waals surface area contributed by atoms with Crippen molar-refractivity contribution < 1.29 is 0 Å². The number of hydrogen-bond donors (Lipinski definition) is 2. The van der Waals surface area contributed by atoms with Gasteiger partial charge >= 0.3 is 0 Å². The number of thiol groups is 1. The molecule has 7 aromatic carbocycles. The summed E-state index contributed by atoms with van der Waals surface area (Å²) in [5.74, 6) is 0. The molecule has 3 nitrogen and oxygen atoms in total. The number of nitrogens with one attached hydrogen (secondary N) is 1. The van der Waals surface area contributed by atoms with Crippen molar-refractivity contribution in [1.29, 1.82) is 0 Å². The number of benzene rings is 7. The maximum atomic E-state index is 3.81. The quantitative estimate of drug-likeness (QED) is 0.0723. The van der Waals surface area contributed by atoms with Gasteiger partial charge in [0.1, 0.15) is 0 Å². The van der Waals surface area contributed by atoms with Crippen molar-refractivity contribution in [2.24, 2.45) is 0 Å². The van der Waals surface area contributed by atoms with Gasteiger partial charge in [-0.3, -0.25) is 0 Å². The molecule has 0 unspecified atom stereocenters. The molecule has 9 rings (SSSR count). The van der Waals surface area contributed by atoms with E-state index in [1.165, 1.54) is 48.1 Å². The van der Waals surface area contributed by atoms with Crippen molar-refractivity contribution in [3.8, 4) is 11.1 Å². The molecule has 0 spiro atoms. The molecule has 1 aliphatic rings. The van der Waals surface area contributed by atoms with Gasteiger partial charge in [0, 0.05) is 65.7 Å². The van der Waals surface area contributed by atoms with Crippen molar-refractivity contribution in [1.82, 2.24) is 0 Å². The molecule has 0 saturated heterocycles. The highest BCUT2D eigenvalue weighted by atomic mass is 32.1. The van der Waals surface area contributed by atoms with E-state index < -0.39 is 0 Å². The SMILES string of the molecule is C/C=C\C.C=C/C=C\C=C(/C)C1=C(Nc2ccc(N(c3ccc(-c4ccc5c(c4)sc4ccccc45)cc3)c3cccc(N(c4ccccc4)c4ccccc4)c3)cc2)CCC=C1.CC.CC.CS. The second-order valence-corrected chi connectivity index (χ2v) is 16.4. The third kappa shape index (κ3) is 13.8. The fraction of sp³-hybridized carbons (Fsp3) is 0.156. The summed E-state index contributed by atoms with van der Waals surface area (Å²) in [5.41, 5.74) is 13.7. The first-order valence-electron chi connectivity index (χ1n) is 24.1. The first-order valence-corrected chi connectivity index (χ1v) is 25.8. The molecular weight excluding hydrogens is 875 g/mol. The highest BCUT2D eigenvalue weighted by Crippen LogP contribution is 2.42. The molecular formula is C64H69N3S2. The maximum Gasteiger partial charge on any atom is 0.0482 e. The molecule has 1 aromatic heterocycles. The molecule has 1 N–H and O–H groups in total. The van der Waals surface area contributed by atoms with Gasteiger partial charge in [-0.2, -0.15) is 12.6 Å². The molecule has 0 amide bonds. The van der Waals surface area contributed by atoms with Crippen LogP contribution in [0, 0.1) is 0 Å². The fourth-order valence-electron chi connectivity index (χ4n) is 7.93. The third-order valence-corrected chi connectivity index (χ3v) is 12.3. The van der Waals surface area contributed by atoms with Crippen LogP contribution in [0.1, 0.15) is 61.3 Å². The van der Waals surface area contributed by atoms with E-state index in [1.54, 1.807) is 12.3 Å².